The molecule has 0 amide bonds. The van der Waals surface area contributed by atoms with E-state index in [1.165, 1.54) is 7.11 Å². The number of hydrogen-bond acceptors (Lipinski definition) is 3. The van der Waals surface area contributed by atoms with Gasteiger partial charge in [0.25, 0.3) is 0 Å². The van der Waals surface area contributed by atoms with Gasteiger partial charge in [-0.3, -0.25) is 4.99 Å². The average Bonchev–Trinajstić information content (AvgIpc) is 2.49. The van der Waals surface area contributed by atoms with Crippen LogP contribution < -0.4 is 0 Å². The van der Waals surface area contributed by atoms with Gasteiger partial charge in [0, 0.05) is 12.6 Å². The maximum absolute atomic E-state index is 11.3. The van der Waals surface area contributed by atoms with Crippen LogP contribution in [0, 0.1) is 0 Å². The number of nitrogens with zero attached hydrogens (tertiary/aromatic N) is 1. The Hall–Kier alpha value is -1.90. The maximum atomic E-state index is 11.3. The van der Waals surface area contributed by atoms with Crippen molar-refractivity contribution in [3.63, 3.8) is 0 Å². The second-order valence-corrected chi connectivity index (χ2v) is 3.26. The molecule has 1 aliphatic rings. The van der Waals surface area contributed by atoms with Crippen LogP contribution >= 0.6 is 0 Å². The molecule has 0 aromatic heterocycles. The van der Waals surface area contributed by atoms with Crippen molar-refractivity contribution in [3.05, 3.63) is 41.6 Å². The summed E-state index contributed by atoms with van der Waals surface area (Å²) in [6, 6.07) is 7.91. The van der Waals surface area contributed by atoms with Crippen LogP contribution in [0.25, 0.3) is 6.08 Å². The number of fused-ring (bicyclic) bond motifs is 1. The number of methoxy groups -OCH3 is 1. The summed E-state index contributed by atoms with van der Waals surface area (Å²) in [5.41, 5.74) is 2.63. The zero-order valence-electron chi connectivity index (χ0n) is 8.43. The molecule has 1 aliphatic heterocycles. The van der Waals surface area contributed by atoms with Crippen molar-refractivity contribution < 1.29 is 9.53 Å². The number of hydrogen-bond donors (Lipinski definition) is 0. The molecule has 0 atom stereocenters. The van der Waals surface area contributed by atoms with Crippen LogP contribution in [0.2, 0.25) is 0 Å². The quantitative estimate of drug-likeness (QED) is 0.650. The number of aliphatic imine (C=N–C) groups is 1. The minimum absolute atomic E-state index is 0.364. The third-order valence-corrected chi connectivity index (χ3v) is 2.32. The molecule has 0 aliphatic carbocycles. The molecular formula is C12H11NO2. The molecule has 1 aromatic carbocycles. The fourth-order valence-electron chi connectivity index (χ4n) is 1.53. The molecule has 3 nitrogen and oxygen atoms in total. The van der Waals surface area contributed by atoms with Gasteiger partial charge in [-0.1, -0.05) is 24.3 Å². The van der Waals surface area contributed by atoms with E-state index in [2.05, 4.69) is 9.73 Å². The molecule has 0 N–H and O–H groups in total. The minimum atomic E-state index is -0.364. The first-order valence-electron chi connectivity index (χ1n) is 4.70. The Kier molecular flexibility index (Phi) is 2.63. The average molecular weight is 201 g/mol. The van der Waals surface area contributed by atoms with Crippen molar-refractivity contribution in [2.45, 2.75) is 6.42 Å². The largest absolute Gasteiger partial charge is 0.465 e. The van der Waals surface area contributed by atoms with Crippen LogP contribution in [0.1, 0.15) is 11.1 Å². The van der Waals surface area contributed by atoms with Gasteiger partial charge in [-0.25, -0.2) is 4.79 Å². The number of rotatable bonds is 1. The van der Waals surface area contributed by atoms with Crippen LogP contribution in [-0.2, 0) is 16.0 Å². The van der Waals surface area contributed by atoms with Crippen molar-refractivity contribution >= 4 is 17.8 Å². The normalized spacial score (nSPS) is 13.8. The van der Waals surface area contributed by atoms with Gasteiger partial charge in [0.2, 0.25) is 0 Å². The molecule has 76 valence electrons. The lowest BCUT2D eigenvalue weighted by atomic mass is 10.0. The molecule has 1 aromatic rings. The summed E-state index contributed by atoms with van der Waals surface area (Å²) in [4.78, 5) is 15.4. The highest BCUT2D eigenvalue weighted by Crippen LogP contribution is 2.15. The number of esters is 1. The summed E-state index contributed by atoms with van der Waals surface area (Å²) in [6.45, 7) is 0. The van der Waals surface area contributed by atoms with Gasteiger partial charge >= 0.3 is 5.97 Å². The fourth-order valence-corrected chi connectivity index (χ4v) is 1.53. The zero-order valence-corrected chi connectivity index (χ0v) is 8.43. The van der Waals surface area contributed by atoms with Crippen LogP contribution in [0.4, 0.5) is 0 Å². The lowest BCUT2D eigenvalue weighted by Gasteiger charge is -2.04. The van der Waals surface area contributed by atoms with Crippen LogP contribution in [0.15, 0.2) is 35.5 Å². The molecule has 15 heavy (non-hydrogen) atoms. The van der Waals surface area contributed by atoms with E-state index in [4.69, 9.17) is 0 Å². The molecule has 0 spiro atoms. The molecule has 0 saturated carbocycles. The summed E-state index contributed by atoms with van der Waals surface area (Å²) < 4.78 is 4.66. The van der Waals surface area contributed by atoms with Gasteiger partial charge in [0.05, 0.1) is 7.11 Å². The first-order valence-corrected chi connectivity index (χ1v) is 4.70. The van der Waals surface area contributed by atoms with Crippen molar-refractivity contribution in [1.29, 1.82) is 0 Å². The molecule has 0 bridgehead atoms. The topological polar surface area (TPSA) is 38.7 Å². The van der Waals surface area contributed by atoms with Gasteiger partial charge in [-0.2, -0.15) is 0 Å². The molecular weight excluding hydrogens is 190 g/mol. The SMILES string of the molecule is COC(=O)C1=NC=Cc2ccccc2C1. The molecule has 0 unspecified atom stereocenters. The predicted octanol–water partition coefficient (Wildman–Crippen LogP) is 1.83. The Morgan fingerprint density at radius 2 is 2.20 bits per heavy atom. The van der Waals surface area contributed by atoms with Crippen LogP contribution in [0.5, 0.6) is 0 Å². The van der Waals surface area contributed by atoms with E-state index in [0.29, 0.717) is 12.1 Å². The van der Waals surface area contributed by atoms with Gasteiger partial charge < -0.3 is 4.74 Å². The second-order valence-electron chi connectivity index (χ2n) is 3.26. The highest BCUT2D eigenvalue weighted by Gasteiger charge is 2.14. The molecule has 1 heterocycles. The number of carbonyl (C=O) groups excluding carboxylic acids is 1. The monoisotopic (exact) mass is 201 g/mol. The molecule has 0 saturated heterocycles. The number of benzene rings is 1. The van der Waals surface area contributed by atoms with E-state index >= 15 is 0 Å². The van der Waals surface area contributed by atoms with E-state index < -0.39 is 0 Å². The number of ether oxygens (including phenoxy) is 1. The Morgan fingerprint density at radius 1 is 1.40 bits per heavy atom. The first-order chi connectivity index (χ1) is 7.31. The van der Waals surface area contributed by atoms with Crippen molar-refractivity contribution in [1.82, 2.24) is 0 Å². The van der Waals surface area contributed by atoms with E-state index in [9.17, 15) is 4.79 Å². The Morgan fingerprint density at radius 3 is 3.00 bits per heavy atom. The summed E-state index contributed by atoms with van der Waals surface area (Å²) in [5, 5.41) is 0. The maximum Gasteiger partial charge on any atom is 0.352 e. The standard InChI is InChI=1S/C12H11NO2/c1-15-12(14)11-8-10-5-3-2-4-9(10)6-7-13-11/h2-7H,8H2,1H3. The number of carbonyl (C=O) groups is 1. The fraction of sp³-hybridized carbons (Fsp3) is 0.167. The van der Waals surface area contributed by atoms with Crippen molar-refractivity contribution in [2.24, 2.45) is 4.99 Å². The second kappa shape index (κ2) is 4.09. The first kappa shape index (κ1) is 9.65. The van der Waals surface area contributed by atoms with Crippen LogP contribution in [-0.4, -0.2) is 18.8 Å². The Balaban J connectivity index is 2.35. The van der Waals surface area contributed by atoms with E-state index in [-0.39, 0.29) is 5.97 Å². The van der Waals surface area contributed by atoms with E-state index in [0.717, 1.165) is 11.1 Å². The molecule has 0 radical (unpaired) electrons. The molecule has 0 fully saturated rings. The lowest BCUT2D eigenvalue weighted by molar-refractivity contribution is -0.132. The van der Waals surface area contributed by atoms with Gasteiger partial charge in [0.1, 0.15) is 5.71 Å². The van der Waals surface area contributed by atoms with Crippen molar-refractivity contribution in [3.8, 4) is 0 Å². The Labute approximate surface area is 88.1 Å². The molecule has 3 heteroatoms. The van der Waals surface area contributed by atoms with Gasteiger partial charge in [0.15, 0.2) is 0 Å². The Bertz CT molecular complexity index is 447. The summed E-state index contributed by atoms with van der Waals surface area (Å²) in [6.07, 6.45) is 4.05. The van der Waals surface area contributed by atoms with Crippen molar-refractivity contribution in [2.75, 3.05) is 7.11 Å². The highest BCUT2D eigenvalue weighted by molar-refractivity contribution is 6.37. The zero-order chi connectivity index (χ0) is 10.7. The lowest BCUT2D eigenvalue weighted by Crippen LogP contribution is -2.18. The molecule has 2 rings (SSSR count). The smallest absolute Gasteiger partial charge is 0.352 e. The third kappa shape index (κ3) is 1.96. The summed E-state index contributed by atoms with van der Waals surface area (Å²) in [7, 11) is 1.37. The minimum Gasteiger partial charge on any atom is -0.465 e. The van der Waals surface area contributed by atoms with E-state index in [1.54, 1.807) is 6.20 Å². The van der Waals surface area contributed by atoms with Crippen LogP contribution in [0.3, 0.4) is 0 Å². The predicted molar refractivity (Wildman–Crippen MR) is 58.6 cm³/mol. The van der Waals surface area contributed by atoms with Gasteiger partial charge in [-0.05, 0) is 17.2 Å². The highest BCUT2D eigenvalue weighted by atomic mass is 16.5. The summed E-state index contributed by atoms with van der Waals surface area (Å²) >= 11 is 0. The van der Waals surface area contributed by atoms with Gasteiger partial charge in [-0.15, -0.1) is 0 Å². The summed E-state index contributed by atoms with van der Waals surface area (Å²) in [5.74, 6) is -0.364. The third-order valence-electron chi connectivity index (χ3n) is 2.32. The van der Waals surface area contributed by atoms with E-state index in [1.807, 2.05) is 30.3 Å².